The van der Waals surface area contributed by atoms with Crippen LogP contribution in [0.2, 0.25) is 0 Å². The van der Waals surface area contributed by atoms with Crippen LogP contribution in [0.25, 0.3) is 0 Å². The van der Waals surface area contributed by atoms with Crippen molar-refractivity contribution in [3.05, 3.63) is 0 Å². The molecule has 114 valence electrons. The van der Waals surface area contributed by atoms with Gasteiger partial charge in [0.25, 0.3) is 0 Å². The Morgan fingerprint density at radius 3 is 2.35 bits per heavy atom. The fourth-order valence-corrected chi connectivity index (χ4v) is 4.59. The fraction of sp³-hybridized carbons (Fsp3) is 0.938. The average molecular weight is 296 g/mol. The van der Waals surface area contributed by atoms with Crippen molar-refractivity contribution in [1.82, 2.24) is 10.2 Å². The first-order valence-corrected chi connectivity index (χ1v) is 9.52. The van der Waals surface area contributed by atoms with Crippen LogP contribution in [0.5, 0.6) is 0 Å². The lowest BCUT2D eigenvalue weighted by Gasteiger charge is -2.37. The Balaban J connectivity index is 1.56. The minimum absolute atomic E-state index is 0.407. The standard InChI is InChI=1S/C16H28N2OS/c1-12-2-4-14(5-3-12)18(15-6-7-15)16(19)10-13-11-20-9-8-17-13/h12-15,17H,2-11H2,1H3. The van der Waals surface area contributed by atoms with Gasteiger partial charge in [0.2, 0.25) is 5.91 Å². The van der Waals surface area contributed by atoms with E-state index < -0.39 is 0 Å². The zero-order chi connectivity index (χ0) is 13.9. The molecule has 1 amide bonds. The molecule has 0 bridgehead atoms. The summed E-state index contributed by atoms with van der Waals surface area (Å²) in [5.74, 6) is 3.58. The summed E-state index contributed by atoms with van der Waals surface area (Å²) >= 11 is 1.98. The van der Waals surface area contributed by atoms with Crippen LogP contribution in [-0.4, -0.2) is 47.0 Å². The van der Waals surface area contributed by atoms with Crippen LogP contribution >= 0.6 is 11.8 Å². The average Bonchev–Trinajstić information content (AvgIpc) is 3.27. The second-order valence-corrected chi connectivity index (χ2v) is 8.03. The van der Waals surface area contributed by atoms with Crippen LogP contribution in [-0.2, 0) is 4.79 Å². The van der Waals surface area contributed by atoms with E-state index in [4.69, 9.17) is 0 Å². The van der Waals surface area contributed by atoms with E-state index >= 15 is 0 Å². The molecule has 4 heteroatoms. The van der Waals surface area contributed by atoms with Crippen molar-refractivity contribution < 1.29 is 4.79 Å². The summed E-state index contributed by atoms with van der Waals surface area (Å²) in [6.45, 7) is 3.41. The van der Waals surface area contributed by atoms with Gasteiger partial charge in [-0.25, -0.2) is 0 Å². The van der Waals surface area contributed by atoms with Gasteiger partial charge in [-0.1, -0.05) is 6.92 Å². The molecule has 2 aliphatic carbocycles. The summed E-state index contributed by atoms with van der Waals surface area (Å²) in [6.07, 6.45) is 8.27. The second-order valence-electron chi connectivity index (χ2n) is 6.88. The van der Waals surface area contributed by atoms with E-state index in [0.717, 1.165) is 24.6 Å². The van der Waals surface area contributed by atoms with Crippen molar-refractivity contribution in [1.29, 1.82) is 0 Å². The van der Waals surface area contributed by atoms with Gasteiger partial charge in [-0.3, -0.25) is 4.79 Å². The van der Waals surface area contributed by atoms with Gasteiger partial charge in [-0.2, -0.15) is 11.8 Å². The molecule has 1 heterocycles. The molecule has 1 N–H and O–H groups in total. The lowest BCUT2D eigenvalue weighted by Crippen LogP contribution is -2.47. The van der Waals surface area contributed by atoms with Crippen molar-refractivity contribution in [2.45, 2.75) is 70.0 Å². The fourth-order valence-electron chi connectivity index (χ4n) is 3.65. The topological polar surface area (TPSA) is 32.3 Å². The van der Waals surface area contributed by atoms with Crippen LogP contribution in [0.1, 0.15) is 51.9 Å². The zero-order valence-corrected chi connectivity index (χ0v) is 13.5. The summed E-state index contributed by atoms with van der Waals surface area (Å²) in [7, 11) is 0. The molecule has 2 saturated carbocycles. The maximum Gasteiger partial charge on any atom is 0.224 e. The number of hydrogen-bond donors (Lipinski definition) is 1. The van der Waals surface area contributed by atoms with Crippen molar-refractivity contribution in [3.8, 4) is 0 Å². The van der Waals surface area contributed by atoms with Crippen molar-refractivity contribution in [2.24, 2.45) is 5.92 Å². The Labute approximate surface area is 127 Å². The second kappa shape index (κ2) is 6.69. The molecule has 3 nitrogen and oxygen atoms in total. The quantitative estimate of drug-likeness (QED) is 0.865. The van der Waals surface area contributed by atoms with E-state index in [2.05, 4.69) is 17.1 Å². The van der Waals surface area contributed by atoms with Gasteiger partial charge in [0, 0.05) is 42.6 Å². The molecule has 0 aromatic rings. The smallest absolute Gasteiger partial charge is 0.224 e. The molecule has 0 radical (unpaired) electrons. The van der Waals surface area contributed by atoms with E-state index in [1.54, 1.807) is 0 Å². The van der Waals surface area contributed by atoms with E-state index in [-0.39, 0.29) is 0 Å². The Morgan fingerprint density at radius 1 is 1.15 bits per heavy atom. The Bertz CT molecular complexity index is 331. The summed E-state index contributed by atoms with van der Waals surface area (Å²) in [4.78, 5) is 15.0. The number of carbonyl (C=O) groups is 1. The number of thioether (sulfide) groups is 1. The van der Waals surface area contributed by atoms with E-state index in [9.17, 15) is 4.79 Å². The largest absolute Gasteiger partial charge is 0.337 e. The number of nitrogens with one attached hydrogen (secondary N) is 1. The molecule has 1 unspecified atom stereocenters. The number of amides is 1. The number of nitrogens with zero attached hydrogens (tertiary/aromatic N) is 1. The summed E-state index contributed by atoms with van der Waals surface area (Å²) in [5.41, 5.74) is 0. The molecule has 1 aliphatic heterocycles. The molecule has 0 spiro atoms. The van der Waals surface area contributed by atoms with Gasteiger partial charge in [0.15, 0.2) is 0 Å². The van der Waals surface area contributed by atoms with Gasteiger partial charge in [-0.05, 0) is 44.4 Å². The third-order valence-corrected chi connectivity index (χ3v) is 6.16. The minimum Gasteiger partial charge on any atom is -0.337 e. The van der Waals surface area contributed by atoms with Crippen LogP contribution in [0.3, 0.4) is 0 Å². The molecule has 20 heavy (non-hydrogen) atoms. The molecule has 3 aliphatic rings. The van der Waals surface area contributed by atoms with Gasteiger partial charge in [0.05, 0.1) is 0 Å². The molecular formula is C16H28N2OS. The molecule has 3 fully saturated rings. The van der Waals surface area contributed by atoms with E-state index in [0.29, 0.717) is 24.0 Å². The van der Waals surface area contributed by atoms with Crippen LogP contribution in [0, 0.1) is 5.92 Å². The monoisotopic (exact) mass is 296 g/mol. The first-order chi connectivity index (χ1) is 9.74. The third-order valence-electron chi connectivity index (χ3n) is 5.03. The van der Waals surface area contributed by atoms with Crippen LogP contribution in [0.15, 0.2) is 0 Å². The predicted octanol–water partition coefficient (Wildman–Crippen LogP) is 2.65. The summed E-state index contributed by atoms with van der Waals surface area (Å²) < 4.78 is 0. The summed E-state index contributed by atoms with van der Waals surface area (Å²) in [6, 6.07) is 1.53. The lowest BCUT2D eigenvalue weighted by atomic mass is 9.86. The van der Waals surface area contributed by atoms with Gasteiger partial charge in [0.1, 0.15) is 0 Å². The highest BCUT2D eigenvalue weighted by Crippen LogP contribution is 2.35. The zero-order valence-electron chi connectivity index (χ0n) is 12.6. The molecule has 0 aromatic carbocycles. The highest BCUT2D eigenvalue weighted by atomic mass is 32.2. The van der Waals surface area contributed by atoms with Gasteiger partial charge >= 0.3 is 0 Å². The Morgan fingerprint density at radius 2 is 1.80 bits per heavy atom. The predicted molar refractivity (Wildman–Crippen MR) is 85.0 cm³/mol. The normalized spacial score (nSPS) is 34.8. The number of hydrogen-bond acceptors (Lipinski definition) is 3. The summed E-state index contributed by atoms with van der Waals surface area (Å²) in [5, 5.41) is 3.51. The highest BCUT2D eigenvalue weighted by Gasteiger charge is 2.38. The first kappa shape index (κ1) is 14.7. The first-order valence-electron chi connectivity index (χ1n) is 8.36. The minimum atomic E-state index is 0.407. The SMILES string of the molecule is CC1CCC(N(C(=O)CC2CSCCN2)C2CC2)CC1. The number of carbonyl (C=O) groups excluding carboxylic acids is 1. The van der Waals surface area contributed by atoms with Crippen molar-refractivity contribution >= 4 is 17.7 Å². The molecule has 0 aromatic heterocycles. The Hall–Kier alpha value is -0.220. The van der Waals surface area contributed by atoms with E-state index in [1.807, 2.05) is 11.8 Å². The van der Waals surface area contributed by atoms with Gasteiger partial charge < -0.3 is 10.2 Å². The third kappa shape index (κ3) is 3.70. The number of rotatable bonds is 4. The van der Waals surface area contributed by atoms with E-state index in [1.165, 1.54) is 44.3 Å². The van der Waals surface area contributed by atoms with Crippen molar-refractivity contribution in [2.75, 3.05) is 18.1 Å². The van der Waals surface area contributed by atoms with Crippen LogP contribution in [0.4, 0.5) is 0 Å². The Kier molecular flexibility index (Phi) is 4.92. The molecule has 1 saturated heterocycles. The highest BCUT2D eigenvalue weighted by molar-refractivity contribution is 7.99. The maximum absolute atomic E-state index is 12.8. The maximum atomic E-state index is 12.8. The lowest BCUT2D eigenvalue weighted by molar-refractivity contribution is -0.135. The van der Waals surface area contributed by atoms with Crippen LogP contribution < -0.4 is 5.32 Å². The molecular weight excluding hydrogens is 268 g/mol. The van der Waals surface area contributed by atoms with Crippen molar-refractivity contribution in [3.63, 3.8) is 0 Å². The van der Waals surface area contributed by atoms with Gasteiger partial charge in [-0.15, -0.1) is 0 Å². The molecule has 1 atom stereocenters. The molecule has 3 rings (SSSR count).